The van der Waals surface area contributed by atoms with Gasteiger partial charge in [0.1, 0.15) is 5.69 Å². The zero-order valence-electron chi connectivity index (χ0n) is 12.4. The van der Waals surface area contributed by atoms with Gasteiger partial charge in [0, 0.05) is 17.8 Å². The van der Waals surface area contributed by atoms with Gasteiger partial charge in [0.05, 0.1) is 0 Å². The molecule has 0 saturated heterocycles. The van der Waals surface area contributed by atoms with Crippen LogP contribution in [0.4, 0.5) is 0 Å². The molecule has 4 N–H and O–H groups in total. The van der Waals surface area contributed by atoms with E-state index in [9.17, 15) is 4.79 Å². The van der Waals surface area contributed by atoms with Gasteiger partial charge in [-0.15, -0.1) is 0 Å². The lowest BCUT2D eigenvalue weighted by atomic mass is 9.80. The van der Waals surface area contributed by atoms with E-state index in [2.05, 4.69) is 29.3 Å². The maximum atomic E-state index is 12.2. The van der Waals surface area contributed by atoms with Crippen LogP contribution in [-0.4, -0.2) is 28.0 Å². The Balaban J connectivity index is 2.00. The number of amidine groups is 1. The Hall–Kier alpha value is -2.11. The topological polar surface area (TPSA) is 101 Å². The Morgan fingerprint density at radius 2 is 2.19 bits per heavy atom. The molecule has 114 valence electrons. The highest BCUT2D eigenvalue weighted by atomic mass is 16.4. The van der Waals surface area contributed by atoms with Crippen LogP contribution < -0.4 is 11.1 Å². The van der Waals surface area contributed by atoms with E-state index in [0.29, 0.717) is 17.2 Å². The van der Waals surface area contributed by atoms with Gasteiger partial charge < -0.3 is 16.3 Å². The van der Waals surface area contributed by atoms with Gasteiger partial charge in [0.2, 0.25) is 0 Å². The van der Waals surface area contributed by atoms with E-state index >= 15 is 0 Å². The molecule has 1 aromatic heterocycles. The summed E-state index contributed by atoms with van der Waals surface area (Å²) >= 11 is 0. The number of aromatic nitrogens is 1. The first kappa shape index (κ1) is 15.3. The normalized spacial score (nSPS) is 26.4. The van der Waals surface area contributed by atoms with Crippen LogP contribution in [0.1, 0.15) is 49.2 Å². The second-order valence-corrected chi connectivity index (χ2v) is 5.89. The van der Waals surface area contributed by atoms with Gasteiger partial charge in [-0.2, -0.15) is 0 Å². The number of carbonyl (C=O) groups excluding carboxylic acids is 1. The molecule has 3 unspecified atom stereocenters. The molecule has 1 aliphatic carbocycles. The predicted octanol–water partition coefficient (Wildman–Crippen LogP) is 1.73. The van der Waals surface area contributed by atoms with Gasteiger partial charge in [0.25, 0.3) is 5.91 Å². The lowest BCUT2D eigenvalue weighted by Gasteiger charge is -2.33. The molecule has 0 aliphatic heterocycles. The maximum Gasteiger partial charge on any atom is 0.270 e. The van der Waals surface area contributed by atoms with E-state index in [1.807, 2.05) is 0 Å². The summed E-state index contributed by atoms with van der Waals surface area (Å²) in [7, 11) is 0. The fourth-order valence-electron chi connectivity index (χ4n) is 2.86. The van der Waals surface area contributed by atoms with Crippen LogP contribution in [0.3, 0.4) is 0 Å². The van der Waals surface area contributed by atoms with Crippen LogP contribution in [0.5, 0.6) is 0 Å². The number of rotatable bonds is 3. The van der Waals surface area contributed by atoms with E-state index in [4.69, 9.17) is 10.9 Å². The number of nitrogens with zero attached hydrogens (tertiary/aromatic N) is 2. The lowest BCUT2D eigenvalue weighted by Crippen LogP contribution is -2.42. The third-order valence-corrected chi connectivity index (χ3v) is 4.15. The van der Waals surface area contributed by atoms with Crippen LogP contribution in [0.25, 0.3) is 0 Å². The lowest BCUT2D eigenvalue weighted by molar-refractivity contribution is 0.0894. The summed E-state index contributed by atoms with van der Waals surface area (Å²) in [5.41, 5.74) is 6.28. The van der Waals surface area contributed by atoms with E-state index in [1.165, 1.54) is 6.20 Å². The Labute approximate surface area is 124 Å². The molecule has 3 atom stereocenters. The smallest absolute Gasteiger partial charge is 0.270 e. The third kappa shape index (κ3) is 3.71. The fraction of sp³-hybridized carbons (Fsp3) is 0.533. The number of pyridine rings is 1. The zero-order chi connectivity index (χ0) is 15.4. The number of nitrogens with two attached hydrogens (primary N) is 1. The number of oxime groups is 1. The van der Waals surface area contributed by atoms with E-state index < -0.39 is 0 Å². The zero-order valence-corrected chi connectivity index (χ0v) is 12.4. The van der Waals surface area contributed by atoms with Crippen molar-refractivity contribution >= 4 is 11.7 Å². The van der Waals surface area contributed by atoms with E-state index in [-0.39, 0.29) is 17.8 Å². The predicted molar refractivity (Wildman–Crippen MR) is 80.2 cm³/mol. The molecule has 2 rings (SSSR count). The molecule has 0 bridgehead atoms. The Morgan fingerprint density at radius 1 is 1.43 bits per heavy atom. The van der Waals surface area contributed by atoms with Crippen molar-refractivity contribution in [2.24, 2.45) is 22.7 Å². The summed E-state index contributed by atoms with van der Waals surface area (Å²) in [5.74, 6) is 1.01. The van der Waals surface area contributed by atoms with Crippen molar-refractivity contribution in [1.82, 2.24) is 10.3 Å². The van der Waals surface area contributed by atoms with Crippen molar-refractivity contribution in [1.29, 1.82) is 0 Å². The maximum absolute atomic E-state index is 12.2. The molecular formula is C15H22N4O2. The second kappa shape index (κ2) is 6.56. The van der Waals surface area contributed by atoms with Crippen LogP contribution >= 0.6 is 0 Å². The highest BCUT2D eigenvalue weighted by molar-refractivity contribution is 5.98. The first-order valence-corrected chi connectivity index (χ1v) is 7.26. The van der Waals surface area contributed by atoms with Gasteiger partial charge in [-0.3, -0.25) is 9.78 Å². The van der Waals surface area contributed by atoms with Gasteiger partial charge in [-0.25, -0.2) is 0 Å². The van der Waals surface area contributed by atoms with Crippen molar-refractivity contribution in [3.8, 4) is 0 Å². The van der Waals surface area contributed by atoms with Gasteiger partial charge in [0.15, 0.2) is 5.84 Å². The van der Waals surface area contributed by atoms with Crippen LogP contribution in [0.2, 0.25) is 0 Å². The summed E-state index contributed by atoms with van der Waals surface area (Å²) in [5, 5.41) is 14.5. The average molecular weight is 290 g/mol. The van der Waals surface area contributed by atoms with Crippen molar-refractivity contribution in [3.63, 3.8) is 0 Å². The molecule has 1 amide bonds. The van der Waals surface area contributed by atoms with Crippen molar-refractivity contribution in [2.75, 3.05) is 0 Å². The summed E-state index contributed by atoms with van der Waals surface area (Å²) in [6.45, 7) is 4.43. The molecule has 1 fully saturated rings. The summed E-state index contributed by atoms with van der Waals surface area (Å²) < 4.78 is 0. The molecule has 1 aromatic rings. The molecule has 0 aromatic carbocycles. The summed E-state index contributed by atoms with van der Waals surface area (Å²) in [6, 6.07) is 3.40. The number of hydrogen-bond acceptors (Lipinski definition) is 4. The van der Waals surface area contributed by atoms with Crippen molar-refractivity contribution in [3.05, 3.63) is 29.6 Å². The minimum atomic E-state index is -0.174. The standard InChI is InChI=1S/C15H22N4O2/c1-9-3-5-12(10(2)7-9)18-15(20)13-6-4-11(8-17-13)14(16)19-21/h4,6,8-10,12,21H,3,5,7H2,1-2H3,(H2,16,19)(H,18,20). The fourth-order valence-corrected chi connectivity index (χ4v) is 2.86. The van der Waals surface area contributed by atoms with Crippen LogP contribution in [0.15, 0.2) is 23.5 Å². The third-order valence-electron chi connectivity index (χ3n) is 4.15. The SMILES string of the molecule is CC1CCC(NC(=O)c2ccc(C(N)=NO)cn2)C(C)C1. The number of nitrogens with one attached hydrogen (secondary N) is 1. The van der Waals surface area contributed by atoms with Gasteiger partial charge in [-0.1, -0.05) is 19.0 Å². The molecule has 1 saturated carbocycles. The van der Waals surface area contributed by atoms with E-state index in [1.54, 1.807) is 12.1 Å². The first-order valence-electron chi connectivity index (χ1n) is 7.26. The Bertz CT molecular complexity index is 527. The molecule has 21 heavy (non-hydrogen) atoms. The second-order valence-electron chi connectivity index (χ2n) is 5.89. The summed E-state index contributed by atoms with van der Waals surface area (Å²) in [4.78, 5) is 16.3. The number of amides is 1. The minimum absolute atomic E-state index is 0.0238. The Morgan fingerprint density at radius 3 is 2.76 bits per heavy atom. The van der Waals surface area contributed by atoms with Crippen molar-refractivity contribution in [2.45, 2.75) is 39.2 Å². The molecule has 6 heteroatoms. The average Bonchev–Trinajstić information content (AvgIpc) is 2.49. The van der Waals surface area contributed by atoms with Gasteiger partial charge >= 0.3 is 0 Å². The monoisotopic (exact) mass is 290 g/mol. The van der Waals surface area contributed by atoms with Crippen LogP contribution in [0, 0.1) is 11.8 Å². The highest BCUT2D eigenvalue weighted by Gasteiger charge is 2.27. The van der Waals surface area contributed by atoms with E-state index in [0.717, 1.165) is 25.2 Å². The van der Waals surface area contributed by atoms with Crippen molar-refractivity contribution < 1.29 is 10.0 Å². The van der Waals surface area contributed by atoms with Gasteiger partial charge in [-0.05, 0) is 43.2 Å². The Kier molecular flexibility index (Phi) is 4.77. The highest BCUT2D eigenvalue weighted by Crippen LogP contribution is 2.28. The quantitative estimate of drug-likeness (QED) is 0.341. The molecular weight excluding hydrogens is 268 g/mol. The molecule has 6 nitrogen and oxygen atoms in total. The number of carbonyl (C=O) groups is 1. The minimum Gasteiger partial charge on any atom is -0.409 e. The molecule has 1 aliphatic rings. The molecule has 1 heterocycles. The summed E-state index contributed by atoms with van der Waals surface area (Å²) in [6.07, 6.45) is 4.72. The largest absolute Gasteiger partial charge is 0.409 e. The molecule has 0 radical (unpaired) electrons. The first-order chi connectivity index (χ1) is 10.0. The van der Waals surface area contributed by atoms with Crippen LogP contribution in [-0.2, 0) is 0 Å². The molecule has 0 spiro atoms. The number of hydrogen-bond donors (Lipinski definition) is 3.